The van der Waals surface area contributed by atoms with Gasteiger partial charge in [-0.25, -0.2) is 0 Å². The Morgan fingerprint density at radius 3 is 2.57 bits per heavy atom. The van der Waals surface area contributed by atoms with Crippen molar-refractivity contribution < 1.29 is 14.0 Å². The number of hydrogen-bond donors (Lipinski definition) is 1. The molecule has 0 aliphatic carbocycles. The molecule has 8 nitrogen and oxygen atoms in total. The third-order valence-corrected chi connectivity index (χ3v) is 4.94. The minimum absolute atomic E-state index is 0. The van der Waals surface area contributed by atoms with Crippen LogP contribution < -0.4 is 10.1 Å². The molecule has 3 rings (SSSR count). The van der Waals surface area contributed by atoms with Gasteiger partial charge in [-0.2, -0.15) is 0 Å². The summed E-state index contributed by atoms with van der Waals surface area (Å²) >= 11 is 0. The lowest BCUT2D eigenvalue weighted by molar-refractivity contribution is 0.119. The number of ether oxygens (including phenoxy) is 2. The maximum atomic E-state index is 5.76. The van der Waals surface area contributed by atoms with Crippen LogP contribution in [0.1, 0.15) is 17.7 Å². The van der Waals surface area contributed by atoms with Gasteiger partial charge in [0.15, 0.2) is 5.96 Å². The number of nitrogens with one attached hydrogen (secondary N) is 1. The minimum atomic E-state index is 0. The maximum absolute atomic E-state index is 5.76. The second-order valence-corrected chi connectivity index (χ2v) is 6.98. The van der Waals surface area contributed by atoms with Crippen molar-refractivity contribution in [2.45, 2.75) is 19.6 Å². The van der Waals surface area contributed by atoms with Crippen LogP contribution in [0.5, 0.6) is 5.75 Å². The third-order valence-electron chi connectivity index (χ3n) is 4.94. The number of halogens is 1. The Morgan fingerprint density at radius 2 is 1.93 bits per heavy atom. The van der Waals surface area contributed by atoms with Gasteiger partial charge in [0.1, 0.15) is 12.0 Å². The fourth-order valence-electron chi connectivity index (χ4n) is 3.28. The molecular formula is C21H32IN5O3. The van der Waals surface area contributed by atoms with Crippen molar-refractivity contribution in [2.24, 2.45) is 4.99 Å². The number of aliphatic imine (C=N–C) groups is 1. The molecule has 0 spiro atoms. The highest BCUT2D eigenvalue weighted by atomic mass is 127. The molecular weight excluding hydrogens is 497 g/mol. The highest BCUT2D eigenvalue weighted by Gasteiger charge is 2.20. The predicted octanol–water partition coefficient (Wildman–Crippen LogP) is 2.60. The molecule has 0 atom stereocenters. The van der Waals surface area contributed by atoms with E-state index in [-0.39, 0.29) is 24.0 Å². The van der Waals surface area contributed by atoms with E-state index in [1.807, 2.05) is 37.4 Å². The Morgan fingerprint density at radius 1 is 1.17 bits per heavy atom. The topological polar surface area (TPSA) is 75.4 Å². The molecule has 0 bridgehead atoms. The van der Waals surface area contributed by atoms with Crippen LogP contribution in [-0.4, -0.2) is 74.4 Å². The molecule has 1 saturated heterocycles. The Labute approximate surface area is 195 Å². The smallest absolute Gasteiger partial charge is 0.193 e. The molecule has 9 heteroatoms. The van der Waals surface area contributed by atoms with Gasteiger partial charge in [0.2, 0.25) is 0 Å². The number of nitrogens with zero attached hydrogens (tertiary/aromatic N) is 4. The maximum Gasteiger partial charge on any atom is 0.193 e. The van der Waals surface area contributed by atoms with Crippen LogP contribution in [0.3, 0.4) is 0 Å². The van der Waals surface area contributed by atoms with E-state index in [9.17, 15) is 0 Å². The van der Waals surface area contributed by atoms with Crippen molar-refractivity contribution in [1.82, 2.24) is 20.3 Å². The minimum Gasteiger partial charge on any atom is -0.497 e. The summed E-state index contributed by atoms with van der Waals surface area (Å²) in [7, 11) is 3.51. The summed E-state index contributed by atoms with van der Waals surface area (Å²) in [5.41, 5.74) is 2.13. The van der Waals surface area contributed by atoms with Crippen LogP contribution in [0.2, 0.25) is 0 Å². The molecule has 0 radical (unpaired) electrons. The first kappa shape index (κ1) is 24.4. The Balaban J connectivity index is 0.00000320. The summed E-state index contributed by atoms with van der Waals surface area (Å²) in [6.07, 6.45) is 2.55. The van der Waals surface area contributed by atoms with Crippen LogP contribution in [0.25, 0.3) is 0 Å². The van der Waals surface area contributed by atoms with Crippen molar-refractivity contribution in [3.8, 4) is 5.75 Å². The number of aromatic nitrogens is 1. The van der Waals surface area contributed by atoms with Crippen LogP contribution >= 0.6 is 24.0 Å². The van der Waals surface area contributed by atoms with Crippen molar-refractivity contribution in [2.75, 3.05) is 53.5 Å². The van der Waals surface area contributed by atoms with E-state index in [1.54, 1.807) is 13.4 Å². The first-order valence-electron chi connectivity index (χ1n) is 10.1. The Kier molecular flexibility index (Phi) is 11.0. The lowest BCUT2D eigenvalue weighted by Crippen LogP contribution is -2.52. The fraction of sp³-hybridized carbons (Fsp3) is 0.524. The van der Waals surface area contributed by atoms with E-state index >= 15 is 0 Å². The molecule has 1 aromatic heterocycles. The number of piperazine rings is 1. The first-order valence-corrected chi connectivity index (χ1v) is 10.1. The molecule has 30 heavy (non-hydrogen) atoms. The Hall–Kier alpha value is -1.85. The Bertz CT molecular complexity index is 732. The molecule has 0 amide bonds. The monoisotopic (exact) mass is 529 g/mol. The third kappa shape index (κ3) is 7.77. The SMILES string of the molecule is CN=C(NCCCOCc1ccc(OC)cc1)N1CCN(Cc2ccon2)CC1.I. The zero-order chi connectivity index (χ0) is 20.3. The van der Waals surface area contributed by atoms with Gasteiger partial charge >= 0.3 is 0 Å². The molecule has 0 saturated carbocycles. The van der Waals surface area contributed by atoms with Crippen molar-refractivity contribution in [3.05, 3.63) is 47.9 Å². The van der Waals surface area contributed by atoms with E-state index in [0.29, 0.717) is 13.2 Å². The number of benzene rings is 1. The van der Waals surface area contributed by atoms with E-state index in [0.717, 1.165) is 68.7 Å². The van der Waals surface area contributed by atoms with Gasteiger partial charge in [-0.1, -0.05) is 17.3 Å². The van der Waals surface area contributed by atoms with E-state index < -0.39 is 0 Å². The fourth-order valence-corrected chi connectivity index (χ4v) is 3.28. The van der Waals surface area contributed by atoms with E-state index in [4.69, 9.17) is 14.0 Å². The summed E-state index contributed by atoms with van der Waals surface area (Å²) in [6.45, 7) is 6.87. The number of hydrogen-bond acceptors (Lipinski definition) is 6. The number of methoxy groups -OCH3 is 1. The lowest BCUT2D eigenvalue weighted by Gasteiger charge is -2.36. The second-order valence-electron chi connectivity index (χ2n) is 6.98. The molecule has 1 aliphatic rings. The van der Waals surface area contributed by atoms with Crippen molar-refractivity contribution in [1.29, 1.82) is 0 Å². The normalized spacial score (nSPS) is 15.0. The van der Waals surface area contributed by atoms with Gasteiger partial charge in [-0.3, -0.25) is 9.89 Å². The molecule has 1 fully saturated rings. The molecule has 2 heterocycles. The van der Waals surface area contributed by atoms with Crippen LogP contribution in [-0.2, 0) is 17.9 Å². The highest BCUT2D eigenvalue weighted by molar-refractivity contribution is 14.0. The molecule has 166 valence electrons. The van der Waals surface area contributed by atoms with Crippen LogP contribution in [0.15, 0.2) is 46.1 Å². The van der Waals surface area contributed by atoms with Gasteiger partial charge in [0, 0.05) is 59.0 Å². The van der Waals surface area contributed by atoms with Gasteiger partial charge in [0.05, 0.1) is 19.4 Å². The van der Waals surface area contributed by atoms with Crippen LogP contribution in [0.4, 0.5) is 0 Å². The first-order chi connectivity index (χ1) is 14.3. The molecule has 1 aromatic carbocycles. The van der Waals surface area contributed by atoms with E-state index in [1.165, 1.54) is 0 Å². The summed E-state index contributed by atoms with van der Waals surface area (Å²) in [6, 6.07) is 9.89. The quantitative estimate of drug-likeness (QED) is 0.232. The zero-order valence-corrected chi connectivity index (χ0v) is 20.1. The van der Waals surface area contributed by atoms with Gasteiger partial charge in [-0.15, -0.1) is 24.0 Å². The molecule has 2 aromatic rings. The standard InChI is InChI=1S/C21H31N5O3.HI/c1-22-21(26-12-10-25(11-13-26)16-19-8-15-29-24-19)23-9-3-14-28-17-18-4-6-20(27-2)7-5-18;/h4-8,15H,3,9-14,16-17H2,1-2H3,(H,22,23);1H. The summed E-state index contributed by atoms with van der Waals surface area (Å²) in [4.78, 5) is 9.11. The average molecular weight is 529 g/mol. The predicted molar refractivity (Wildman–Crippen MR) is 127 cm³/mol. The number of guanidine groups is 1. The van der Waals surface area contributed by atoms with Gasteiger partial charge in [0.25, 0.3) is 0 Å². The zero-order valence-electron chi connectivity index (χ0n) is 17.7. The molecule has 1 N–H and O–H groups in total. The van der Waals surface area contributed by atoms with Crippen LogP contribution in [0, 0.1) is 0 Å². The molecule has 0 unspecified atom stereocenters. The highest BCUT2D eigenvalue weighted by Crippen LogP contribution is 2.12. The number of rotatable bonds is 9. The summed E-state index contributed by atoms with van der Waals surface area (Å²) in [5, 5.41) is 7.44. The van der Waals surface area contributed by atoms with Crippen molar-refractivity contribution in [3.63, 3.8) is 0 Å². The summed E-state index contributed by atoms with van der Waals surface area (Å²) in [5.74, 6) is 1.82. The van der Waals surface area contributed by atoms with Gasteiger partial charge < -0.3 is 24.2 Å². The van der Waals surface area contributed by atoms with Gasteiger partial charge in [-0.05, 0) is 24.1 Å². The van der Waals surface area contributed by atoms with Crippen molar-refractivity contribution >= 4 is 29.9 Å². The largest absolute Gasteiger partial charge is 0.497 e. The second kappa shape index (κ2) is 13.5. The lowest BCUT2D eigenvalue weighted by atomic mass is 10.2. The molecule has 1 aliphatic heterocycles. The average Bonchev–Trinajstić information content (AvgIpc) is 3.27. The summed E-state index contributed by atoms with van der Waals surface area (Å²) < 4.78 is 15.8. The van der Waals surface area contributed by atoms with E-state index in [2.05, 4.69) is 25.3 Å².